The van der Waals surface area contributed by atoms with E-state index in [4.69, 9.17) is 14.2 Å². The first-order chi connectivity index (χ1) is 8.81. The van der Waals surface area contributed by atoms with Gasteiger partial charge in [-0.1, -0.05) is 19.4 Å². The minimum absolute atomic E-state index is 0.338. The van der Waals surface area contributed by atoms with Gasteiger partial charge in [-0.05, 0) is 13.3 Å². The minimum Gasteiger partial charge on any atom is -0.379 e. The van der Waals surface area contributed by atoms with E-state index in [1.54, 1.807) is 0 Å². The van der Waals surface area contributed by atoms with E-state index >= 15 is 0 Å². The van der Waals surface area contributed by atoms with Gasteiger partial charge in [0.05, 0.1) is 33.0 Å². The van der Waals surface area contributed by atoms with Crippen LogP contribution in [-0.4, -0.2) is 52.2 Å². The first-order valence-corrected chi connectivity index (χ1v) is 6.90. The summed E-state index contributed by atoms with van der Waals surface area (Å²) in [6, 6.07) is 0.338. The van der Waals surface area contributed by atoms with Crippen molar-refractivity contribution in [3.05, 3.63) is 12.7 Å². The van der Waals surface area contributed by atoms with Crippen LogP contribution < -0.4 is 5.32 Å². The first-order valence-electron chi connectivity index (χ1n) is 6.90. The largest absolute Gasteiger partial charge is 0.379 e. The van der Waals surface area contributed by atoms with Gasteiger partial charge < -0.3 is 19.5 Å². The molecule has 1 unspecified atom stereocenters. The highest BCUT2D eigenvalue weighted by Crippen LogP contribution is 1.88. The summed E-state index contributed by atoms with van der Waals surface area (Å²) in [5, 5.41) is 3.26. The van der Waals surface area contributed by atoms with Gasteiger partial charge in [-0.2, -0.15) is 0 Å². The molecule has 0 fully saturated rings. The maximum absolute atomic E-state index is 5.41. The molecule has 0 aromatic carbocycles. The van der Waals surface area contributed by atoms with Gasteiger partial charge in [0.25, 0.3) is 0 Å². The van der Waals surface area contributed by atoms with Crippen LogP contribution in [0.15, 0.2) is 12.7 Å². The fourth-order valence-corrected chi connectivity index (χ4v) is 1.23. The molecule has 0 spiro atoms. The van der Waals surface area contributed by atoms with E-state index in [1.165, 1.54) is 6.42 Å². The lowest BCUT2D eigenvalue weighted by Gasteiger charge is -2.09. The number of unbranched alkanes of at least 4 members (excludes halogenated alkanes) is 1. The smallest absolute Gasteiger partial charge is 0.0701 e. The van der Waals surface area contributed by atoms with Crippen molar-refractivity contribution in [2.75, 3.05) is 46.2 Å². The van der Waals surface area contributed by atoms with Crippen LogP contribution in [0.2, 0.25) is 0 Å². The Kier molecular flexibility index (Phi) is 14.3. The third kappa shape index (κ3) is 13.6. The molecule has 0 aliphatic carbocycles. The summed E-state index contributed by atoms with van der Waals surface area (Å²) in [6.07, 6.45) is 4.17. The van der Waals surface area contributed by atoms with E-state index < -0.39 is 0 Å². The average Bonchev–Trinajstić information content (AvgIpc) is 2.39. The zero-order chi connectivity index (χ0) is 13.5. The van der Waals surface area contributed by atoms with Crippen LogP contribution in [0.4, 0.5) is 0 Å². The molecule has 4 heteroatoms. The Morgan fingerprint density at radius 2 is 1.56 bits per heavy atom. The van der Waals surface area contributed by atoms with Crippen LogP contribution >= 0.6 is 0 Å². The molecule has 0 amide bonds. The molecule has 1 N–H and O–H groups in total. The molecule has 0 saturated heterocycles. The highest BCUT2D eigenvalue weighted by molar-refractivity contribution is 4.80. The Morgan fingerprint density at radius 1 is 1.00 bits per heavy atom. The van der Waals surface area contributed by atoms with Crippen LogP contribution in [0.25, 0.3) is 0 Å². The molecule has 0 rings (SSSR count). The lowest BCUT2D eigenvalue weighted by molar-refractivity contribution is 0.0145. The molecule has 108 valence electrons. The second kappa shape index (κ2) is 14.6. The summed E-state index contributed by atoms with van der Waals surface area (Å²) in [5.41, 5.74) is 0. The van der Waals surface area contributed by atoms with Crippen molar-refractivity contribution < 1.29 is 14.2 Å². The summed E-state index contributed by atoms with van der Waals surface area (Å²) in [5.74, 6) is 0. The number of rotatable bonds is 14. The molecule has 18 heavy (non-hydrogen) atoms. The second-order valence-electron chi connectivity index (χ2n) is 4.17. The van der Waals surface area contributed by atoms with E-state index in [1.807, 2.05) is 6.08 Å². The Bertz CT molecular complexity index is 176. The zero-order valence-electron chi connectivity index (χ0n) is 12.0. The average molecular weight is 259 g/mol. The minimum atomic E-state index is 0.338. The fraction of sp³-hybridized carbons (Fsp3) is 0.857. The summed E-state index contributed by atoms with van der Waals surface area (Å²) in [7, 11) is 0. The van der Waals surface area contributed by atoms with Crippen molar-refractivity contribution >= 4 is 0 Å². The van der Waals surface area contributed by atoms with E-state index in [9.17, 15) is 0 Å². The van der Waals surface area contributed by atoms with Gasteiger partial charge in [-0.3, -0.25) is 0 Å². The lowest BCUT2D eigenvalue weighted by atomic mass is 10.3. The Labute approximate surface area is 112 Å². The molecule has 0 aliphatic heterocycles. The van der Waals surface area contributed by atoms with Crippen molar-refractivity contribution in [1.29, 1.82) is 0 Å². The van der Waals surface area contributed by atoms with Crippen LogP contribution in [-0.2, 0) is 14.2 Å². The van der Waals surface area contributed by atoms with Gasteiger partial charge in [0.15, 0.2) is 0 Å². The predicted octanol–water partition coefficient (Wildman–Crippen LogP) is 2.00. The van der Waals surface area contributed by atoms with E-state index in [0.717, 1.165) is 19.6 Å². The molecule has 0 saturated carbocycles. The first kappa shape index (κ1) is 17.6. The van der Waals surface area contributed by atoms with Gasteiger partial charge in [0.1, 0.15) is 0 Å². The fourth-order valence-electron chi connectivity index (χ4n) is 1.23. The van der Waals surface area contributed by atoms with Crippen LogP contribution in [0, 0.1) is 0 Å². The summed E-state index contributed by atoms with van der Waals surface area (Å²) in [4.78, 5) is 0. The maximum Gasteiger partial charge on any atom is 0.0701 e. The summed E-state index contributed by atoms with van der Waals surface area (Å²) >= 11 is 0. The molecule has 0 aromatic rings. The topological polar surface area (TPSA) is 39.7 Å². The van der Waals surface area contributed by atoms with Crippen molar-refractivity contribution in [3.8, 4) is 0 Å². The quantitative estimate of drug-likeness (QED) is 0.382. The standard InChI is InChI=1S/C14H29NO3/c1-4-6-8-16-10-12-18-13-11-17-9-7-15-14(3)5-2/h5,14-15H,2,4,6-13H2,1,3H3. The van der Waals surface area contributed by atoms with E-state index in [0.29, 0.717) is 39.1 Å². The normalized spacial score (nSPS) is 12.6. The molecular weight excluding hydrogens is 230 g/mol. The van der Waals surface area contributed by atoms with Crippen molar-refractivity contribution in [3.63, 3.8) is 0 Å². The number of nitrogens with one attached hydrogen (secondary N) is 1. The maximum atomic E-state index is 5.41. The highest BCUT2D eigenvalue weighted by atomic mass is 16.5. The predicted molar refractivity (Wildman–Crippen MR) is 75.0 cm³/mol. The monoisotopic (exact) mass is 259 g/mol. The number of ether oxygens (including phenoxy) is 3. The molecule has 0 heterocycles. The van der Waals surface area contributed by atoms with Crippen molar-refractivity contribution in [2.24, 2.45) is 0 Å². The van der Waals surface area contributed by atoms with E-state index in [2.05, 4.69) is 25.7 Å². The SMILES string of the molecule is C=CC(C)NCCOCCOCCOCCCC. The molecule has 0 radical (unpaired) electrons. The van der Waals surface area contributed by atoms with Crippen LogP contribution in [0.5, 0.6) is 0 Å². The van der Waals surface area contributed by atoms with E-state index in [-0.39, 0.29) is 0 Å². The highest BCUT2D eigenvalue weighted by Gasteiger charge is 1.94. The number of hydrogen-bond acceptors (Lipinski definition) is 4. The number of hydrogen-bond donors (Lipinski definition) is 1. The van der Waals surface area contributed by atoms with Gasteiger partial charge in [-0.15, -0.1) is 6.58 Å². The van der Waals surface area contributed by atoms with Crippen LogP contribution in [0.1, 0.15) is 26.7 Å². The Morgan fingerprint density at radius 3 is 2.11 bits per heavy atom. The summed E-state index contributed by atoms with van der Waals surface area (Å²) in [6.45, 7) is 12.9. The van der Waals surface area contributed by atoms with Gasteiger partial charge in [-0.25, -0.2) is 0 Å². The second-order valence-corrected chi connectivity index (χ2v) is 4.17. The van der Waals surface area contributed by atoms with Crippen molar-refractivity contribution in [1.82, 2.24) is 5.32 Å². The lowest BCUT2D eigenvalue weighted by Crippen LogP contribution is -2.27. The zero-order valence-corrected chi connectivity index (χ0v) is 12.0. The summed E-state index contributed by atoms with van der Waals surface area (Å²) < 4.78 is 16.2. The molecule has 0 aromatic heterocycles. The molecule has 0 bridgehead atoms. The van der Waals surface area contributed by atoms with Gasteiger partial charge >= 0.3 is 0 Å². The Balaban J connectivity index is 2.96. The van der Waals surface area contributed by atoms with Crippen LogP contribution in [0.3, 0.4) is 0 Å². The molecule has 4 nitrogen and oxygen atoms in total. The third-order valence-electron chi connectivity index (χ3n) is 2.45. The Hall–Kier alpha value is -0.420. The van der Waals surface area contributed by atoms with Gasteiger partial charge in [0, 0.05) is 19.2 Å². The third-order valence-corrected chi connectivity index (χ3v) is 2.45. The molecular formula is C14H29NO3. The molecule has 1 atom stereocenters. The molecule has 0 aliphatic rings. The van der Waals surface area contributed by atoms with Gasteiger partial charge in [0.2, 0.25) is 0 Å². The van der Waals surface area contributed by atoms with Crippen molar-refractivity contribution in [2.45, 2.75) is 32.7 Å².